The number of nitriles is 1. The van der Waals surface area contributed by atoms with Gasteiger partial charge in [0.25, 0.3) is 23.6 Å². The Bertz CT molecular complexity index is 587. The molecule has 1 fully saturated rings. The molecule has 0 aliphatic carbocycles. The molecular weight excluding hydrogens is 282 g/mol. The zero-order chi connectivity index (χ0) is 16.3. The Morgan fingerprint density at radius 2 is 2.09 bits per heavy atom. The van der Waals surface area contributed by atoms with Crippen molar-refractivity contribution in [2.45, 2.75) is 45.6 Å². The van der Waals surface area contributed by atoms with Crippen LogP contribution in [0, 0.1) is 11.3 Å². The van der Waals surface area contributed by atoms with Crippen LogP contribution in [0.25, 0.3) is 0 Å². The van der Waals surface area contributed by atoms with Crippen molar-refractivity contribution in [1.29, 1.82) is 5.26 Å². The van der Waals surface area contributed by atoms with Gasteiger partial charge >= 0.3 is 6.03 Å². The lowest BCUT2D eigenvalue weighted by molar-refractivity contribution is -0.536. The fourth-order valence-electron chi connectivity index (χ4n) is 2.81. The average molecular weight is 304 g/mol. The van der Waals surface area contributed by atoms with Crippen molar-refractivity contribution in [3.63, 3.8) is 0 Å². The summed E-state index contributed by atoms with van der Waals surface area (Å²) in [5, 5.41) is 8.72. The van der Waals surface area contributed by atoms with Gasteiger partial charge in [-0.2, -0.15) is 5.26 Å². The summed E-state index contributed by atoms with van der Waals surface area (Å²) in [5.74, 6) is 1.09. The highest BCUT2D eigenvalue weighted by Gasteiger charge is 2.53. The van der Waals surface area contributed by atoms with Gasteiger partial charge in [-0.1, -0.05) is 20.3 Å². The van der Waals surface area contributed by atoms with Crippen LogP contribution >= 0.6 is 0 Å². The molecule has 3 amide bonds. The molecule has 0 N–H and O–H groups in total. The number of unbranched alkanes of at least 4 members (excludes halogenated alkanes) is 1. The van der Waals surface area contributed by atoms with Crippen LogP contribution in [0.15, 0.2) is 4.99 Å². The standard InChI is InChI=1S/C15H22N5O2/c1-4-6-9-19-11(5-2)17-13-12(19)14(21)20(10-7-8-16)15(22)18(13)3/h12H,4-7,9-10H2,1-3H3/q+1. The number of amidine groups is 2. The normalized spacial score (nSPS) is 21.2. The number of nitrogens with zero attached hydrogens (tertiary/aromatic N) is 5. The van der Waals surface area contributed by atoms with E-state index in [1.807, 2.05) is 17.6 Å². The number of carbonyl (C=O) groups is 2. The fourth-order valence-corrected chi connectivity index (χ4v) is 2.81. The molecule has 0 spiro atoms. The molecule has 0 aromatic rings. The molecule has 1 unspecified atom stereocenters. The number of aliphatic imine (C=N–C) groups is 1. The average Bonchev–Trinajstić information content (AvgIpc) is 2.89. The van der Waals surface area contributed by atoms with Crippen LogP contribution in [0.3, 0.4) is 0 Å². The summed E-state index contributed by atoms with van der Waals surface area (Å²) in [6.45, 7) is 4.97. The van der Waals surface area contributed by atoms with E-state index in [0.717, 1.165) is 31.6 Å². The molecule has 1 atom stereocenters. The Morgan fingerprint density at radius 1 is 1.36 bits per heavy atom. The van der Waals surface area contributed by atoms with Crippen molar-refractivity contribution >= 4 is 23.6 Å². The Kier molecular flexibility index (Phi) is 4.91. The summed E-state index contributed by atoms with van der Waals surface area (Å²) in [5.41, 5.74) is 0. The first kappa shape index (κ1) is 16.1. The van der Waals surface area contributed by atoms with E-state index in [1.54, 1.807) is 7.05 Å². The monoisotopic (exact) mass is 304 g/mol. The number of urea groups is 1. The second kappa shape index (κ2) is 6.69. The molecule has 0 radical (unpaired) electrons. The molecule has 7 nitrogen and oxygen atoms in total. The summed E-state index contributed by atoms with van der Waals surface area (Å²) >= 11 is 0. The molecule has 2 aliphatic heterocycles. The van der Waals surface area contributed by atoms with Crippen molar-refractivity contribution in [2.24, 2.45) is 4.99 Å². The Hall–Kier alpha value is -2.23. The summed E-state index contributed by atoms with van der Waals surface area (Å²) in [6.07, 6.45) is 2.85. The van der Waals surface area contributed by atoms with Crippen LogP contribution in [0.1, 0.15) is 39.5 Å². The Balaban J connectivity index is 2.34. The van der Waals surface area contributed by atoms with Gasteiger partial charge in [-0.15, -0.1) is 0 Å². The van der Waals surface area contributed by atoms with Crippen molar-refractivity contribution in [2.75, 3.05) is 20.1 Å². The highest BCUT2D eigenvalue weighted by Crippen LogP contribution is 2.21. The van der Waals surface area contributed by atoms with E-state index in [2.05, 4.69) is 11.9 Å². The lowest BCUT2D eigenvalue weighted by Crippen LogP contribution is -2.62. The van der Waals surface area contributed by atoms with Gasteiger partial charge in [0.1, 0.15) is 0 Å². The van der Waals surface area contributed by atoms with Crippen LogP contribution in [-0.2, 0) is 4.79 Å². The van der Waals surface area contributed by atoms with Gasteiger partial charge in [-0.25, -0.2) is 9.37 Å². The highest BCUT2D eigenvalue weighted by atomic mass is 16.2. The van der Waals surface area contributed by atoms with Gasteiger partial charge < -0.3 is 0 Å². The number of hydrogen-bond acceptors (Lipinski definition) is 4. The second-order valence-electron chi connectivity index (χ2n) is 5.43. The van der Waals surface area contributed by atoms with E-state index < -0.39 is 12.1 Å². The number of fused-ring (bicyclic) bond motifs is 1. The van der Waals surface area contributed by atoms with Gasteiger partial charge in [0.05, 0.1) is 25.5 Å². The lowest BCUT2D eigenvalue weighted by Gasteiger charge is -2.32. The first-order chi connectivity index (χ1) is 10.6. The van der Waals surface area contributed by atoms with Gasteiger partial charge in [-0.05, 0) is 11.4 Å². The molecule has 0 saturated carbocycles. The number of carbonyl (C=O) groups excluding carboxylic acids is 2. The molecule has 0 aromatic carbocycles. The fraction of sp³-hybridized carbons (Fsp3) is 0.667. The quantitative estimate of drug-likeness (QED) is 0.691. The van der Waals surface area contributed by atoms with Gasteiger partial charge in [0.2, 0.25) is 0 Å². The molecule has 2 rings (SSSR count). The molecule has 118 valence electrons. The Labute approximate surface area is 130 Å². The Morgan fingerprint density at radius 3 is 2.68 bits per heavy atom. The van der Waals surface area contributed by atoms with E-state index in [4.69, 9.17) is 5.26 Å². The number of hydrogen-bond donors (Lipinski definition) is 0. The van der Waals surface area contributed by atoms with Crippen LogP contribution in [0.2, 0.25) is 0 Å². The third kappa shape index (κ3) is 2.61. The summed E-state index contributed by atoms with van der Waals surface area (Å²) < 4.78 is 2.00. The van der Waals surface area contributed by atoms with Crippen LogP contribution < -0.4 is 0 Å². The SMILES string of the molecule is CCCC[N+]1=C(CC)N=C2C1C(=O)N(CCC#N)C(=O)N2C. The predicted molar refractivity (Wildman–Crippen MR) is 81.7 cm³/mol. The van der Waals surface area contributed by atoms with E-state index in [-0.39, 0.29) is 18.9 Å². The van der Waals surface area contributed by atoms with E-state index in [9.17, 15) is 9.59 Å². The van der Waals surface area contributed by atoms with Gasteiger partial charge in [0.15, 0.2) is 0 Å². The van der Waals surface area contributed by atoms with Gasteiger partial charge in [-0.3, -0.25) is 14.6 Å². The maximum atomic E-state index is 12.7. The van der Waals surface area contributed by atoms with Crippen molar-refractivity contribution < 1.29 is 14.2 Å². The van der Waals surface area contributed by atoms with Crippen molar-refractivity contribution in [3.05, 3.63) is 0 Å². The largest absolute Gasteiger partial charge is 0.333 e. The lowest BCUT2D eigenvalue weighted by atomic mass is 10.1. The molecule has 0 bridgehead atoms. The molecule has 0 aromatic heterocycles. The third-order valence-corrected chi connectivity index (χ3v) is 4.01. The zero-order valence-electron chi connectivity index (χ0n) is 13.4. The minimum atomic E-state index is -0.525. The van der Waals surface area contributed by atoms with Crippen LogP contribution in [0.4, 0.5) is 4.79 Å². The summed E-state index contributed by atoms with van der Waals surface area (Å²) in [6, 6.07) is 1.06. The van der Waals surface area contributed by atoms with Crippen molar-refractivity contribution in [3.8, 4) is 6.07 Å². The molecule has 1 saturated heterocycles. The molecule has 2 heterocycles. The molecule has 22 heavy (non-hydrogen) atoms. The first-order valence-corrected chi connectivity index (χ1v) is 7.73. The van der Waals surface area contributed by atoms with Crippen LogP contribution in [0.5, 0.6) is 0 Å². The first-order valence-electron chi connectivity index (χ1n) is 7.73. The third-order valence-electron chi connectivity index (χ3n) is 4.01. The summed E-state index contributed by atoms with van der Waals surface area (Å²) in [7, 11) is 1.64. The number of rotatable bonds is 6. The zero-order valence-corrected chi connectivity index (χ0v) is 13.4. The maximum Gasteiger partial charge on any atom is 0.333 e. The minimum absolute atomic E-state index is 0.130. The second-order valence-corrected chi connectivity index (χ2v) is 5.43. The number of imide groups is 1. The number of amides is 3. The molecule has 7 heteroatoms. The van der Waals surface area contributed by atoms with Crippen LogP contribution in [-0.4, -0.2) is 64.2 Å². The smallest absolute Gasteiger partial charge is 0.269 e. The minimum Gasteiger partial charge on any atom is -0.269 e. The highest BCUT2D eigenvalue weighted by molar-refractivity contribution is 6.23. The number of likely N-dealkylation sites (N-methyl/N-ethyl adjacent to an activating group) is 1. The molecule has 2 aliphatic rings. The van der Waals surface area contributed by atoms with Crippen molar-refractivity contribution in [1.82, 2.24) is 9.80 Å². The van der Waals surface area contributed by atoms with E-state index in [0.29, 0.717) is 5.84 Å². The maximum absolute atomic E-state index is 12.7. The summed E-state index contributed by atoms with van der Waals surface area (Å²) in [4.78, 5) is 32.2. The van der Waals surface area contributed by atoms with E-state index in [1.165, 1.54) is 9.80 Å². The van der Waals surface area contributed by atoms with Gasteiger partial charge in [0, 0.05) is 13.6 Å². The topological polar surface area (TPSA) is 79.8 Å². The van der Waals surface area contributed by atoms with E-state index >= 15 is 0 Å². The molecular formula is C15H22N5O2+. The predicted octanol–water partition coefficient (Wildman–Crippen LogP) is 1.20.